The molecule has 15 heavy (non-hydrogen) atoms. The lowest BCUT2D eigenvalue weighted by molar-refractivity contribution is 0.395. The van der Waals surface area contributed by atoms with Crippen LogP contribution in [0, 0.1) is 5.92 Å². The summed E-state index contributed by atoms with van der Waals surface area (Å²) >= 11 is 0. The molecule has 2 unspecified atom stereocenters. The second kappa shape index (κ2) is 6.51. The second-order valence-corrected chi connectivity index (χ2v) is 4.08. The van der Waals surface area contributed by atoms with Crippen LogP contribution in [-0.4, -0.2) is 17.0 Å². The number of nitrogens with one attached hydrogen (secondary N) is 1. The summed E-state index contributed by atoms with van der Waals surface area (Å²) in [6.45, 7) is 4.51. The topological polar surface area (TPSA) is 37.8 Å². The molecule has 1 aromatic heterocycles. The van der Waals surface area contributed by atoms with Gasteiger partial charge in [-0.05, 0) is 25.5 Å². The van der Waals surface area contributed by atoms with Crippen molar-refractivity contribution in [2.45, 2.75) is 39.2 Å². The molecular weight excluding hydrogens is 186 g/mol. The molecule has 0 saturated heterocycles. The molecule has 3 heteroatoms. The third kappa shape index (κ3) is 3.96. The molecule has 1 aromatic rings. The Balaban J connectivity index is 2.56. The summed E-state index contributed by atoms with van der Waals surface area (Å²) in [5, 5.41) is 3.28. The van der Waals surface area contributed by atoms with Crippen LogP contribution in [0.5, 0.6) is 0 Å². The van der Waals surface area contributed by atoms with Crippen molar-refractivity contribution < 1.29 is 0 Å². The summed E-state index contributed by atoms with van der Waals surface area (Å²) in [6.07, 6.45) is 7.22. The Labute approximate surface area is 92.3 Å². The summed E-state index contributed by atoms with van der Waals surface area (Å²) in [4.78, 5) is 8.58. The maximum atomic E-state index is 4.29. The Bertz CT molecular complexity index is 261. The van der Waals surface area contributed by atoms with Gasteiger partial charge in [-0.25, -0.2) is 9.97 Å². The molecule has 1 rings (SSSR count). The Hall–Kier alpha value is -0.960. The summed E-state index contributed by atoms with van der Waals surface area (Å²) in [5.41, 5.74) is 0. The standard InChI is InChI=1S/C12H21N3/c1-4-6-10(2)9-11(13-3)12-14-7-5-8-15-12/h5,7-8,10-11,13H,4,6,9H2,1-3H3. The zero-order chi connectivity index (χ0) is 11.1. The van der Waals surface area contributed by atoms with Crippen LogP contribution >= 0.6 is 0 Å². The first-order valence-corrected chi connectivity index (χ1v) is 5.72. The fourth-order valence-corrected chi connectivity index (χ4v) is 1.86. The summed E-state index contributed by atoms with van der Waals surface area (Å²) in [5.74, 6) is 1.62. The lowest BCUT2D eigenvalue weighted by atomic mass is 9.97. The van der Waals surface area contributed by atoms with E-state index in [4.69, 9.17) is 0 Å². The molecule has 0 saturated carbocycles. The van der Waals surface area contributed by atoms with Crippen LogP contribution < -0.4 is 5.32 Å². The fraction of sp³-hybridized carbons (Fsp3) is 0.667. The summed E-state index contributed by atoms with van der Waals surface area (Å²) in [6, 6.07) is 2.14. The second-order valence-electron chi connectivity index (χ2n) is 4.08. The van der Waals surface area contributed by atoms with E-state index in [1.54, 1.807) is 12.4 Å². The van der Waals surface area contributed by atoms with Gasteiger partial charge in [-0.2, -0.15) is 0 Å². The van der Waals surface area contributed by atoms with Crippen LogP contribution in [0.2, 0.25) is 0 Å². The third-order valence-electron chi connectivity index (χ3n) is 2.67. The molecule has 84 valence electrons. The van der Waals surface area contributed by atoms with Gasteiger partial charge in [-0.1, -0.05) is 26.7 Å². The van der Waals surface area contributed by atoms with Gasteiger partial charge in [0, 0.05) is 12.4 Å². The Morgan fingerprint density at radius 2 is 2.00 bits per heavy atom. The normalized spacial score (nSPS) is 14.9. The van der Waals surface area contributed by atoms with Crippen molar-refractivity contribution in [1.29, 1.82) is 0 Å². The van der Waals surface area contributed by atoms with E-state index < -0.39 is 0 Å². The van der Waals surface area contributed by atoms with Crippen molar-refractivity contribution >= 4 is 0 Å². The lowest BCUT2D eigenvalue weighted by Crippen LogP contribution is -2.21. The quantitative estimate of drug-likeness (QED) is 0.779. The molecule has 0 aromatic carbocycles. The van der Waals surface area contributed by atoms with Crippen LogP contribution in [0.3, 0.4) is 0 Å². The number of rotatable bonds is 6. The zero-order valence-corrected chi connectivity index (χ0v) is 9.90. The van der Waals surface area contributed by atoms with Gasteiger partial charge in [0.1, 0.15) is 5.82 Å². The first kappa shape index (κ1) is 12.1. The maximum Gasteiger partial charge on any atom is 0.145 e. The van der Waals surface area contributed by atoms with Gasteiger partial charge in [-0.3, -0.25) is 0 Å². The van der Waals surface area contributed by atoms with E-state index in [-0.39, 0.29) is 6.04 Å². The fourth-order valence-electron chi connectivity index (χ4n) is 1.86. The molecule has 0 aliphatic heterocycles. The molecule has 2 atom stereocenters. The van der Waals surface area contributed by atoms with E-state index in [2.05, 4.69) is 29.1 Å². The Morgan fingerprint density at radius 1 is 1.33 bits per heavy atom. The molecule has 0 amide bonds. The van der Waals surface area contributed by atoms with Gasteiger partial charge in [0.2, 0.25) is 0 Å². The van der Waals surface area contributed by atoms with Gasteiger partial charge in [-0.15, -0.1) is 0 Å². The Kier molecular flexibility index (Phi) is 5.26. The molecule has 3 nitrogen and oxygen atoms in total. The van der Waals surface area contributed by atoms with Crippen LogP contribution in [0.4, 0.5) is 0 Å². The number of hydrogen-bond acceptors (Lipinski definition) is 3. The predicted molar refractivity (Wildman–Crippen MR) is 62.5 cm³/mol. The van der Waals surface area contributed by atoms with Gasteiger partial charge >= 0.3 is 0 Å². The molecule has 0 spiro atoms. The number of hydrogen-bond donors (Lipinski definition) is 1. The van der Waals surface area contributed by atoms with Crippen LogP contribution in [0.1, 0.15) is 45.0 Å². The van der Waals surface area contributed by atoms with E-state index >= 15 is 0 Å². The molecule has 0 aliphatic carbocycles. The lowest BCUT2D eigenvalue weighted by Gasteiger charge is -2.18. The molecule has 0 bridgehead atoms. The highest BCUT2D eigenvalue weighted by Crippen LogP contribution is 2.20. The minimum atomic E-state index is 0.285. The number of nitrogens with zero attached hydrogens (tertiary/aromatic N) is 2. The SMILES string of the molecule is CCCC(C)CC(NC)c1ncccn1. The van der Waals surface area contributed by atoms with Gasteiger partial charge in [0.25, 0.3) is 0 Å². The van der Waals surface area contributed by atoms with Crippen LogP contribution in [0.25, 0.3) is 0 Å². The smallest absolute Gasteiger partial charge is 0.145 e. The largest absolute Gasteiger partial charge is 0.310 e. The van der Waals surface area contributed by atoms with Crippen molar-refractivity contribution in [1.82, 2.24) is 15.3 Å². The van der Waals surface area contributed by atoms with E-state index in [1.807, 2.05) is 13.1 Å². The van der Waals surface area contributed by atoms with Crippen LogP contribution in [0.15, 0.2) is 18.5 Å². The van der Waals surface area contributed by atoms with E-state index in [0.29, 0.717) is 0 Å². The highest BCUT2D eigenvalue weighted by atomic mass is 15.0. The molecule has 1 N–H and O–H groups in total. The van der Waals surface area contributed by atoms with Crippen molar-refractivity contribution in [3.8, 4) is 0 Å². The van der Waals surface area contributed by atoms with Crippen LogP contribution in [-0.2, 0) is 0 Å². The van der Waals surface area contributed by atoms with Crippen molar-refractivity contribution in [2.24, 2.45) is 5.92 Å². The van der Waals surface area contributed by atoms with E-state index in [1.165, 1.54) is 12.8 Å². The Morgan fingerprint density at radius 3 is 2.53 bits per heavy atom. The monoisotopic (exact) mass is 207 g/mol. The first-order valence-electron chi connectivity index (χ1n) is 5.72. The van der Waals surface area contributed by atoms with E-state index in [9.17, 15) is 0 Å². The first-order chi connectivity index (χ1) is 7.27. The van der Waals surface area contributed by atoms with Gasteiger partial charge < -0.3 is 5.32 Å². The zero-order valence-electron chi connectivity index (χ0n) is 9.90. The molecule has 0 fully saturated rings. The van der Waals surface area contributed by atoms with Crippen molar-refractivity contribution in [2.75, 3.05) is 7.05 Å². The summed E-state index contributed by atoms with van der Waals surface area (Å²) < 4.78 is 0. The molecule has 0 radical (unpaired) electrons. The highest BCUT2D eigenvalue weighted by molar-refractivity contribution is 4.95. The van der Waals surface area contributed by atoms with Gasteiger partial charge in [0.15, 0.2) is 0 Å². The molecular formula is C12H21N3. The molecule has 0 aliphatic rings. The number of aromatic nitrogens is 2. The highest BCUT2D eigenvalue weighted by Gasteiger charge is 2.14. The molecule has 1 heterocycles. The van der Waals surface area contributed by atoms with E-state index in [0.717, 1.165) is 18.2 Å². The average molecular weight is 207 g/mol. The third-order valence-corrected chi connectivity index (χ3v) is 2.67. The van der Waals surface area contributed by atoms with Crippen molar-refractivity contribution in [3.63, 3.8) is 0 Å². The van der Waals surface area contributed by atoms with Crippen molar-refractivity contribution in [3.05, 3.63) is 24.3 Å². The minimum Gasteiger partial charge on any atom is -0.310 e. The minimum absolute atomic E-state index is 0.285. The predicted octanol–water partition coefficient (Wildman–Crippen LogP) is 2.56. The van der Waals surface area contributed by atoms with Gasteiger partial charge in [0.05, 0.1) is 6.04 Å². The summed E-state index contributed by atoms with van der Waals surface area (Å²) in [7, 11) is 1.97. The average Bonchev–Trinajstić information content (AvgIpc) is 2.27. The maximum absolute atomic E-state index is 4.29.